The Morgan fingerprint density at radius 2 is 1.56 bits per heavy atom. The molecule has 82 valence electrons. The Labute approximate surface area is 94.9 Å². The third-order valence-corrected chi connectivity index (χ3v) is 2.58. The zero-order chi connectivity index (χ0) is 11.5. The van der Waals surface area contributed by atoms with Crippen molar-refractivity contribution in [1.82, 2.24) is 0 Å². The van der Waals surface area contributed by atoms with Crippen LogP contribution in [0.3, 0.4) is 0 Å². The Bertz CT molecular complexity index is 489. The van der Waals surface area contributed by atoms with Gasteiger partial charge in [-0.3, -0.25) is 0 Å². The molecule has 0 bridgehead atoms. The van der Waals surface area contributed by atoms with Gasteiger partial charge in [0.05, 0.1) is 0 Å². The minimum absolute atomic E-state index is 0.553. The molecular weight excluding hydrogens is 198 g/mol. The minimum atomic E-state index is 0.553. The standard InChI is InChI=1S/C13H15N3/c14-8-9-1-3-10(4-2-9)12-6-5-11(15)7-13(12)16/h1-7H,8,14-16H2. The van der Waals surface area contributed by atoms with Crippen LogP contribution >= 0.6 is 0 Å². The fourth-order valence-corrected chi connectivity index (χ4v) is 1.66. The van der Waals surface area contributed by atoms with Crippen LogP contribution in [0.1, 0.15) is 5.56 Å². The zero-order valence-corrected chi connectivity index (χ0v) is 8.98. The van der Waals surface area contributed by atoms with Gasteiger partial charge >= 0.3 is 0 Å². The summed E-state index contributed by atoms with van der Waals surface area (Å²) in [6.07, 6.45) is 0. The van der Waals surface area contributed by atoms with E-state index in [9.17, 15) is 0 Å². The Hall–Kier alpha value is -2.00. The van der Waals surface area contributed by atoms with Crippen molar-refractivity contribution < 1.29 is 0 Å². The van der Waals surface area contributed by atoms with E-state index in [1.165, 1.54) is 0 Å². The van der Waals surface area contributed by atoms with Crippen molar-refractivity contribution in [1.29, 1.82) is 0 Å². The van der Waals surface area contributed by atoms with Crippen molar-refractivity contribution >= 4 is 11.4 Å². The molecule has 6 N–H and O–H groups in total. The van der Waals surface area contributed by atoms with Crippen LogP contribution in [0.25, 0.3) is 11.1 Å². The summed E-state index contributed by atoms with van der Waals surface area (Å²) < 4.78 is 0. The lowest BCUT2D eigenvalue weighted by Gasteiger charge is -2.07. The van der Waals surface area contributed by atoms with Crippen molar-refractivity contribution in [2.75, 3.05) is 11.5 Å². The molecule has 0 fully saturated rings. The lowest BCUT2D eigenvalue weighted by atomic mass is 10.0. The minimum Gasteiger partial charge on any atom is -0.399 e. The molecule has 0 amide bonds. The van der Waals surface area contributed by atoms with Crippen LogP contribution in [0.2, 0.25) is 0 Å². The second-order valence-corrected chi connectivity index (χ2v) is 3.75. The molecule has 0 aliphatic rings. The number of anilines is 2. The molecule has 2 aromatic rings. The predicted molar refractivity (Wildman–Crippen MR) is 68.6 cm³/mol. The van der Waals surface area contributed by atoms with Crippen molar-refractivity contribution in [2.24, 2.45) is 5.73 Å². The molecule has 0 unspecified atom stereocenters. The average molecular weight is 213 g/mol. The zero-order valence-electron chi connectivity index (χ0n) is 8.98. The molecule has 0 aromatic heterocycles. The van der Waals surface area contributed by atoms with Gasteiger partial charge in [0.15, 0.2) is 0 Å². The van der Waals surface area contributed by atoms with E-state index in [2.05, 4.69) is 0 Å². The van der Waals surface area contributed by atoms with Gasteiger partial charge in [-0.1, -0.05) is 30.3 Å². The van der Waals surface area contributed by atoms with Crippen molar-refractivity contribution in [2.45, 2.75) is 6.54 Å². The van der Waals surface area contributed by atoms with Gasteiger partial charge in [-0.15, -0.1) is 0 Å². The van der Waals surface area contributed by atoms with E-state index in [1.54, 1.807) is 6.07 Å². The first kappa shape index (κ1) is 10.5. The molecule has 3 heteroatoms. The molecule has 2 rings (SSSR count). The normalized spacial score (nSPS) is 10.3. The van der Waals surface area contributed by atoms with Gasteiger partial charge in [0.25, 0.3) is 0 Å². The monoisotopic (exact) mass is 213 g/mol. The first-order chi connectivity index (χ1) is 7.70. The fourth-order valence-electron chi connectivity index (χ4n) is 1.66. The number of nitrogens with two attached hydrogens (primary N) is 3. The maximum absolute atomic E-state index is 5.92. The van der Waals surface area contributed by atoms with Gasteiger partial charge in [-0.05, 0) is 23.3 Å². The van der Waals surface area contributed by atoms with Crippen LogP contribution in [-0.4, -0.2) is 0 Å². The van der Waals surface area contributed by atoms with E-state index >= 15 is 0 Å². The summed E-state index contributed by atoms with van der Waals surface area (Å²) in [5.41, 5.74) is 21.7. The highest BCUT2D eigenvalue weighted by Gasteiger charge is 2.02. The maximum Gasteiger partial charge on any atom is 0.0414 e. The Kier molecular flexibility index (Phi) is 2.79. The largest absolute Gasteiger partial charge is 0.399 e. The predicted octanol–water partition coefficient (Wildman–Crippen LogP) is 1.98. The van der Waals surface area contributed by atoms with Crippen LogP contribution in [0.15, 0.2) is 42.5 Å². The first-order valence-electron chi connectivity index (χ1n) is 5.15. The number of hydrogen-bond donors (Lipinski definition) is 3. The van der Waals surface area contributed by atoms with Gasteiger partial charge in [0.1, 0.15) is 0 Å². The number of nitrogen functional groups attached to an aromatic ring is 2. The van der Waals surface area contributed by atoms with Crippen molar-refractivity contribution in [3.05, 3.63) is 48.0 Å². The summed E-state index contributed by atoms with van der Waals surface area (Å²) in [4.78, 5) is 0. The molecule has 0 aliphatic heterocycles. The van der Waals surface area contributed by atoms with Crippen LogP contribution in [-0.2, 0) is 6.54 Å². The van der Waals surface area contributed by atoms with Crippen LogP contribution in [0.5, 0.6) is 0 Å². The Balaban J connectivity index is 2.42. The van der Waals surface area contributed by atoms with Crippen LogP contribution in [0, 0.1) is 0 Å². The highest BCUT2D eigenvalue weighted by molar-refractivity contribution is 5.78. The van der Waals surface area contributed by atoms with Gasteiger partial charge in [-0.25, -0.2) is 0 Å². The summed E-state index contributed by atoms with van der Waals surface area (Å²) >= 11 is 0. The summed E-state index contributed by atoms with van der Waals surface area (Å²) in [6, 6.07) is 13.6. The third kappa shape index (κ3) is 1.99. The summed E-state index contributed by atoms with van der Waals surface area (Å²) in [6.45, 7) is 0.553. The Morgan fingerprint density at radius 3 is 2.12 bits per heavy atom. The van der Waals surface area contributed by atoms with E-state index in [1.807, 2.05) is 36.4 Å². The van der Waals surface area contributed by atoms with E-state index in [4.69, 9.17) is 17.2 Å². The molecule has 0 heterocycles. The molecule has 0 saturated heterocycles. The quantitative estimate of drug-likeness (QED) is 0.667. The topological polar surface area (TPSA) is 78.1 Å². The molecule has 0 atom stereocenters. The van der Waals surface area contributed by atoms with E-state index in [-0.39, 0.29) is 0 Å². The van der Waals surface area contributed by atoms with Crippen LogP contribution in [0.4, 0.5) is 11.4 Å². The lowest BCUT2D eigenvalue weighted by Crippen LogP contribution is -1.96. The first-order valence-corrected chi connectivity index (χ1v) is 5.15. The summed E-state index contributed by atoms with van der Waals surface area (Å²) in [5, 5.41) is 0. The van der Waals surface area contributed by atoms with Crippen molar-refractivity contribution in [3.8, 4) is 11.1 Å². The molecular formula is C13H15N3. The van der Waals surface area contributed by atoms with Gasteiger partial charge in [0, 0.05) is 23.5 Å². The molecule has 3 nitrogen and oxygen atoms in total. The van der Waals surface area contributed by atoms with Crippen molar-refractivity contribution in [3.63, 3.8) is 0 Å². The molecule has 2 aromatic carbocycles. The fraction of sp³-hybridized carbons (Fsp3) is 0.0769. The highest BCUT2D eigenvalue weighted by Crippen LogP contribution is 2.27. The second-order valence-electron chi connectivity index (χ2n) is 3.75. The van der Waals surface area contributed by atoms with E-state index < -0.39 is 0 Å². The Morgan fingerprint density at radius 1 is 0.875 bits per heavy atom. The van der Waals surface area contributed by atoms with Gasteiger partial charge < -0.3 is 17.2 Å². The lowest BCUT2D eigenvalue weighted by molar-refractivity contribution is 1.07. The molecule has 0 aliphatic carbocycles. The number of rotatable bonds is 2. The maximum atomic E-state index is 5.92. The summed E-state index contributed by atoms with van der Waals surface area (Å²) in [7, 11) is 0. The smallest absolute Gasteiger partial charge is 0.0414 e. The number of hydrogen-bond acceptors (Lipinski definition) is 3. The molecule has 0 saturated carbocycles. The SMILES string of the molecule is NCc1ccc(-c2ccc(N)cc2N)cc1. The van der Waals surface area contributed by atoms with Crippen LogP contribution < -0.4 is 17.2 Å². The second kappa shape index (κ2) is 4.24. The summed E-state index contributed by atoms with van der Waals surface area (Å²) in [5.74, 6) is 0. The number of benzene rings is 2. The molecule has 16 heavy (non-hydrogen) atoms. The highest BCUT2D eigenvalue weighted by atomic mass is 14.6. The van der Waals surface area contributed by atoms with Gasteiger partial charge in [-0.2, -0.15) is 0 Å². The molecule has 0 spiro atoms. The average Bonchev–Trinajstić information content (AvgIpc) is 2.29. The van der Waals surface area contributed by atoms with Gasteiger partial charge in [0.2, 0.25) is 0 Å². The van der Waals surface area contributed by atoms with E-state index in [0.29, 0.717) is 17.9 Å². The third-order valence-electron chi connectivity index (χ3n) is 2.58. The molecule has 0 radical (unpaired) electrons. The van der Waals surface area contributed by atoms with E-state index in [0.717, 1.165) is 16.7 Å².